The number of aromatic nitrogens is 2. The summed E-state index contributed by atoms with van der Waals surface area (Å²) in [6.45, 7) is 4.96. The SMILES string of the molecule is COc1cc(C)nc(NC(=O)N([N+](C(C)O)(C(C)O)C(C)O)S(=O)(=O)c2ccccc2N)n1. The molecule has 0 fully saturated rings. The van der Waals surface area contributed by atoms with Crippen molar-refractivity contribution in [2.24, 2.45) is 0 Å². The monoisotopic (exact) mass is 485 g/mol. The zero-order chi connectivity index (χ0) is 25.1. The van der Waals surface area contributed by atoms with Crippen molar-refractivity contribution in [2.45, 2.75) is 51.3 Å². The second-order valence-electron chi connectivity index (χ2n) is 7.28. The van der Waals surface area contributed by atoms with E-state index in [0.29, 0.717) is 5.69 Å². The molecule has 3 unspecified atom stereocenters. The molecule has 1 aromatic heterocycles. The number of nitrogens with zero attached hydrogens (tertiary/aromatic N) is 4. The minimum absolute atomic E-state index is 0.0989. The lowest BCUT2D eigenvalue weighted by Crippen LogP contribution is -2.75. The summed E-state index contributed by atoms with van der Waals surface area (Å²) in [7, 11) is -3.52. The zero-order valence-corrected chi connectivity index (χ0v) is 19.7. The number of amides is 2. The number of para-hydroxylation sites is 1. The number of aliphatic hydroxyl groups excluding tert-OH is 3. The van der Waals surface area contributed by atoms with Gasteiger partial charge in [0.25, 0.3) is 0 Å². The van der Waals surface area contributed by atoms with Crippen LogP contribution in [-0.4, -0.2) is 74.5 Å². The van der Waals surface area contributed by atoms with Crippen LogP contribution in [0, 0.1) is 6.92 Å². The summed E-state index contributed by atoms with van der Waals surface area (Å²) in [5.74, 6) is -0.209. The van der Waals surface area contributed by atoms with E-state index in [-0.39, 0.29) is 21.9 Å². The number of aryl methyl sites for hydroxylation is 1. The van der Waals surface area contributed by atoms with Gasteiger partial charge >= 0.3 is 16.1 Å². The number of benzene rings is 1. The van der Waals surface area contributed by atoms with E-state index in [2.05, 4.69) is 15.3 Å². The quantitative estimate of drug-likeness (QED) is 0.151. The standard InChI is InChI=1S/C19H28N6O7S/c1-11-10-17(32-5)22-18(21-11)23-19(29)24(25(12(2)26,13(3)27)14(4)28)33(30,31)16-9-7-6-8-15(16)20/h6-10,12-14,26-28H,20H2,1-5H3/p+1. The molecule has 0 aliphatic rings. The van der Waals surface area contributed by atoms with Crippen LogP contribution in [0.15, 0.2) is 35.2 Å². The summed E-state index contributed by atoms with van der Waals surface area (Å²) in [5, 5.41) is 34.0. The molecule has 182 valence electrons. The number of hydrogen-bond acceptors (Lipinski definition) is 10. The van der Waals surface area contributed by atoms with Gasteiger partial charge in [0.2, 0.25) is 30.5 Å². The molecule has 13 nitrogen and oxygen atoms in total. The fraction of sp³-hybridized carbons (Fsp3) is 0.421. The van der Waals surface area contributed by atoms with Crippen LogP contribution >= 0.6 is 0 Å². The molecule has 0 radical (unpaired) electrons. The van der Waals surface area contributed by atoms with Gasteiger partial charge in [0.1, 0.15) is 4.90 Å². The van der Waals surface area contributed by atoms with Gasteiger partial charge in [0.15, 0.2) is 0 Å². The van der Waals surface area contributed by atoms with E-state index in [1.807, 2.05) is 0 Å². The topological polar surface area (TPSA) is 188 Å². The number of carbonyl (C=O) groups is 1. The second-order valence-corrected chi connectivity index (χ2v) is 9.02. The van der Waals surface area contributed by atoms with Gasteiger partial charge in [-0.3, -0.25) is 5.32 Å². The Balaban J connectivity index is 2.78. The first kappa shape index (κ1) is 26.2. The third-order valence-electron chi connectivity index (χ3n) is 4.97. The Morgan fingerprint density at radius 3 is 2.15 bits per heavy atom. The third-order valence-corrected chi connectivity index (χ3v) is 6.80. The van der Waals surface area contributed by atoms with Crippen LogP contribution in [-0.2, 0) is 10.0 Å². The maximum atomic E-state index is 13.7. The van der Waals surface area contributed by atoms with Gasteiger partial charge in [0.05, 0.1) is 12.8 Å². The molecule has 0 saturated heterocycles. The van der Waals surface area contributed by atoms with E-state index in [9.17, 15) is 28.5 Å². The van der Waals surface area contributed by atoms with E-state index in [1.54, 1.807) is 6.92 Å². The van der Waals surface area contributed by atoms with E-state index in [0.717, 1.165) is 26.8 Å². The second kappa shape index (κ2) is 9.84. The molecule has 2 aromatic rings. The Labute approximate surface area is 191 Å². The number of anilines is 2. The predicted molar refractivity (Wildman–Crippen MR) is 118 cm³/mol. The number of rotatable bonds is 8. The molecule has 2 rings (SSSR count). The van der Waals surface area contributed by atoms with Crippen molar-refractivity contribution < 1.29 is 37.9 Å². The highest BCUT2D eigenvalue weighted by Crippen LogP contribution is 2.33. The highest BCUT2D eigenvalue weighted by molar-refractivity contribution is 7.89. The number of hydrogen-bond donors (Lipinski definition) is 5. The minimum atomic E-state index is -4.87. The van der Waals surface area contributed by atoms with Crippen LogP contribution in [0.2, 0.25) is 0 Å². The van der Waals surface area contributed by atoms with Gasteiger partial charge in [-0.25, -0.2) is 9.78 Å². The number of quaternary nitrogens is 1. The summed E-state index contributed by atoms with van der Waals surface area (Å²) in [5.41, 5.74) is 6.07. The first-order valence-electron chi connectivity index (χ1n) is 9.83. The smallest absolute Gasteiger partial charge is 0.385 e. The minimum Gasteiger partial charge on any atom is -0.481 e. The van der Waals surface area contributed by atoms with Crippen LogP contribution in [0.25, 0.3) is 0 Å². The van der Waals surface area contributed by atoms with Crippen LogP contribution in [0.4, 0.5) is 16.4 Å². The van der Waals surface area contributed by atoms with Crippen molar-refractivity contribution >= 4 is 27.7 Å². The zero-order valence-electron chi connectivity index (χ0n) is 18.9. The Morgan fingerprint density at radius 2 is 1.67 bits per heavy atom. The number of methoxy groups -OCH3 is 1. The van der Waals surface area contributed by atoms with Gasteiger partial charge in [-0.05, 0) is 23.5 Å². The molecule has 2 amide bonds. The lowest BCUT2D eigenvalue weighted by atomic mass is 10.3. The van der Waals surface area contributed by atoms with E-state index in [1.165, 1.54) is 31.4 Å². The Bertz CT molecular complexity index is 1090. The number of nitrogens with one attached hydrogen (secondary N) is 1. The van der Waals surface area contributed by atoms with E-state index >= 15 is 0 Å². The van der Waals surface area contributed by atoms with Crippen molar-refractivity contribution in [3.8, 4) is 5.88 Å². The van der Waals surface area contributed by atoms with Gasteiger partial charge in [-0.2, -0.15) is 13.4 Å². The highest BCUT2D eigenvalue weighted by atomic mass is 32.2. The Hall–Kier alpha value is -3.04. The molecule has 0 aliphatic carbocycles. The maximum Gasteiger partial charge on any atom is 0.385 e. The molecule has 0 spiro atoms. The third kappa shape index (κ3) is 4.84. The molecule has 0 saturated carbocycles. The molecular weight excluding hydrogens is 456 g/mol. The number of ether oxygens (including phenoxy) is 1. The fourth-order valence-electron chi connectivity index (χ4n) is 3.50. The van der Waals surface area contributed by atoms with Crippen molar-refractivity contribution in [2.75, 3.05) is 18.2 Å². The van der Waals surface area contributed by atoms with Crippen LogP contribution in [0.1, 0.15) is 26.5 Å². The molecule has 6 N–H and O–H groups in total. The molecule has 0 bridgehead atoms. The molecular formula is C19H29N6O7S+. The van der Waals surface area contributed by atoms with Crippen molar-refractivity contribution in [3.63, 3.8) is 0 Å². The van der Waals surface area contributed by atoms with Gasteiger partial charge < -0.3 is 25.8 Å². The van der Waals surface area contributed by atoms with E-state index in [4.69, 9.17) is 10.5 Å². The van der Waals surface area contributed by atoms with Crippen molar-refractivity contribution in [3.05, 3.63) is 36.0 Å². The van der Waals surface area contributed by atoms with Crippen molar-refractivity contribution in [1.82, 2.24) is 14.4 Å². The van der Waals surface area contributed by atoms with Gasteiger partial charge in [-0.15, -0.1) is 4.59 Å². The Morgan fingerprint density at radius 1 is 1.12 bits per heavy atom. The first-order valence-corrected chi connectivity index (χ1v) is 11.3. The summed E-state index contributed by atoms with van der Waals surface area (Å²) >= 11 is 0. The van der Waals surface area contributed by atoms with E-state index < -0.39 is 44.2 Å². The fourth-order valence-corrected chi connectivity index (χ4v) is 5.35. The van der Waals surface area contributed by atoms with Crippen LogP contribution < -0.4 is 15.8 Å². The average molecular weight is 486 g/mol. The average Bonchev–Trinajstić information content (AvgIpc) is 2.70. The summed E-state index contributed by atoms with van der Waals surface area (Å²) in [6, 6.07) is 5.45. The lowest BCUT2D eigenvalue weighted by Gasteiger charge is -2.48. The number of urea groups is 1. The first-order chi connectivity index (χ1) is 15.3. The summed E-state index contributed by atoms with van der Waals surface area (Å²) in [4.78, 5) is 20.9. The lowest BCUT2D eigenvalue weighted by molar-refractivity contribution is -1.10. The van der Waals surface area contributed by atoms with Gasteiger partial charge in [-0.1, -0.05) is 12.1 Å². The van der Waals surface area contributed by atoms with Crippen molar-refractivity contribution in [1.29, 1.82) is 0 Å². The molecule has 1 heterocycles. The van der Waals surface area contributed by atoms with Crippen LogP contribution in [0.5, 0.6) is 5.88 Å². The number of nitrogen functional groups attached to an aromatic ring is 1. The molecule has 33 heavy (non-hydrogen) atoms. The molecule has 0 aliphatic heterocycles. The molecule has 1 aromatic carbocycles. The van der Waals surface area contributed by atoms with Crippen LogP contribution in [0.3, 0.4) is 0 Å². The molecule has 14 heteroatoms. The molecule has 3 atom stereocenters. The number of sulfonamides is 1. The van der Waals surface area contributed by atoms with Gasteiger partial charge in [0, 0.05) is 32.5 Å². The Kier molecular flexibility index (Phi) is 7.82. The summed E-state index contributed by atoms with van der Waals surface area (Å²) in [6.07, 6.45) is -5.32. The predicted octanol–water partition coefficient (Wildman–Crippen LogP) is 0.345. The summed E-state index contributed by atoms with van der Waals surface area (Å²) < 4.78 is 31.1. The maximum absolute atomic E-state index is 13.7. The number of carbonyl (C=O) groups excluding carboxylic acids is 1. The normalized spacial score (nSPS) is 16.2. The largest absolute Gasteiger partial charge is 0.481 e. The number of aliphatic hydroxyl groups is 3. The highest BCUT2D eigenvalue weighted by Gasteiger charge is 2.57. The number of nitrogens with two attached hydrogens (primary N) is 1.